The Morgan fingerprint density at radius 1 is 0.684 bits per heavy atom. The van der Waals surface area contributed by atoms with Crippen LogP contribution < -0.4 is 10.1 Å². The monoisotopic (exact) mass is 555 g/mol. The lowest BCUT2D eigenvalue weighted by atomic mass is 9.93. The Labute approximate surface area is 209 Å². The molecule has 0 aliphatic rings. The number of halogens is 10. The minimum atomic E-state index is -6.58. The van der Waals surface area contributed by atoms with E-state index in [1.54, 1.807) is 30.3 Å². The van der Waals surface area contributed by atoms with Crippen molar-refractivity contribution in [2.24, 2.45) is 0 Å². The Balaban J connectivity index is 2.03. The van der Waals surface area contributed by atoms with Crippen molar-refractivity contribution in [2.45, 2.75) is 36.3 Å². The Hall–Kier alpha value is -3.32. The van der Waals surface area contributed by atoms with Gasteiger partial charge in [0, 0.05) is 12.1 Å². The highest BCUT2D eigenvalue weighted by Crippen LogP contribution is 2.52. The molecular formula is C25H19F10NO2. The molecule has 0 radical (unpaired) electrons. The summed E-state index contributed by atoms with van der Waals surface area (Å²) in [6, 6.07) is 14.8. The maximum Gasteiger partial charge on any atom is 0.460 e. The largest absolute Gasteiger partial charge is 0.460 e. The molecule has 0 aliphatic heterocycles. The Morgan fingerprint density at radius 3 is 1.82 bits per heavy atom. The fourth-order valence-corrected chi connectivity index (χ4v) is 3.43. The van der Waals surface area contributed by atoms with Gasteiger partial charge in [0.05, 0.1) is 6.04 Å². The minimum absolute atomic E-state index is 0.0795. The van der Waals surface area contributed by atoms with E-state index in [4.69, 9.17) is 4.74 Å². The number of ether oxygens (including phenoxy) is 1. The van der Waals surface area contributed by atoms with Crippen molar-refractivity contribution in [3.8, 4) is 11.5 Å². The van der Waals surface area contributed by atoms with Crippen molar-refractivity contribution < 1.29 is 53.7 Å². The summed E-state index contributed by atoms with van der Waals surface area (Å²) >= 11 is 0. The van der Waals surface area contributed by atoms with E-state index in [1.807, 2.05) is 0 Å². The van der Waals surface area contributed by atoms with E-state index < -0.39 is 48.5 Å². The first-order valence-electron chi connectivity index (χ1n) is 10.8. The second-order valence-corrected chi connectivity index (χ2v) is 8.16. The van der Waals surface area contributed by atoms with Gasteiger partial charge in [-0.3, -0.25) is 0 Å². The van der Waals surface area contributed by atoms with Crippen LogP contribution in [0, 0.1) is 0 Å². The van der Waals surface area contributed by atoms with Crippen LogP contribution in [-0.2, 0) is 5.92 Å². The van der Waals surface area contributed by atoms with Crippen LogP contribution in [0.4, 0.5) is 43.9 Å². The van der Waals surface area contributed by atoms with Crippen LogP contribution in [0.5, 0.6) is 11.5 Å². The number of benzene rings is 3. The molecule has 38 heavy (non-hydrogen) atoms. The number of aliphatic hydroxyl groups is 1. The van der Waals surface area contributed by atoms with Crippen molar-refractivity contribution in [3.05, 3.63) is 95.6 Å². The van der Waals surface area contributed by atoms with Crippen LogP contribution in [0.1, 0.15) is 22.7 Å². The van der Waals surface area contributed by atoms with Gasteiger partial charge in [-0.1, -0.05) is 48.5 Å². The maximum absolute atomic E-state index is 14.4. The van der Waals surface area contributed by atoms with Crippen molar-refractivity contribution in [3.63, 3.8) is 0 Å². The highest BCUT2D eigenvalue weighted by molar-refractivity contribution is 5.41. The van der Waals surface area contributed by atoms with E-state index in [9.17, 15) is 49.0 Å². The summed E-state index contributed by atoms with van der Waals surface area (Å²) in [4.78, 5) is 0. The third-order valence-electron chi connectivity index (χ3n) is 5.40. The first-order chi connectivity index (χ1) is 17.5. The van der Waals surface area contributed by atoms with E-state index in [-0.39, 0.29) is 16.9 Å². The van der Waals surface area contributed by atoms with Gasteiger partial charge in [-0.25, -0.2) is 0 Å². The van der Waals surface area contributed by atoms with Crippen LogP contribution in [0.2, 0.25) is 0 Å². The van der Waals surface area contributed by atoms with Gasteiger partial charge in [0.2, 0.25) is 0 Å². The average Bonchev–Trinajstić information content (AvgIpc) is 2.84. The molecule has 3 aromatic rings. The molecule has 0 heterocycles. The third kappa shape index (κ3) is 6.38. The molecule has 0 aliphatic carbocycles. The molecule has 2 atom stereocenters. The maximum atomic E-state index is 14.4. The van der Waals surface area contributed by atoms with Crippen LogP contribution >= 0.6 is 0 Å². The molecular weight excluding hydrogens is 536 g/mol. The van der Waals surface area contributed by atoms with E-state index in [0.29, 0.717) is 17.9 Å². The molecule has 2 N–H and O–H groups in total. The highest BCUT2D eigenvalue weighted by atomic mass is 19.4. The zero-order valence-corrected chi connectivity index (χ0v) is 19.0. The summed E-state index contributed by atoms with van der Waals surface area (Å²) in [5, 5.41) is 11.7. The van der Waals surface area contributed by atoms with Crippen LogP contribution in [-0.4, -0.2) is 36.0 Å². The zero-order valence-electron chi connectivity index (χ0n) is 19.0. The highest BCUT2D eigenvalue weighted by Gasteiger charge is 2.73. The quantitative estimate of drug-likeness (QED) is 0.271. The molecule has 3 nitrogen and oxygen atoms in total. The summed E-state index contributed by atoms with van der Waals surface area (Å²) in [5.74, 6) is -11.6. The number of hydrogen-bond acceptors (Lipinski definition) is 3. The van der Waals surface area contributed by atoms with Gasteiger partial charge < -0.3 is 15.2 Å². The standard InChI is InChI=1S/C25H19F10NO2/c26-22(27,24(31,32)25(33,34)35)17-8-4-6-15(12-17)21(36-14-20(37)23(28,29)30)16-7-5-11-19(13-16)38-18-9-2-1-3-10-18/h1-13,20-21,36-37H,14H2/t20-,21?/m1/s1. The molecule has 1 unspecified atom stereocenters. The predicted molar refractivity (Wildman–Crippen MR) is 116 cm³/mol. The second-order valence-electron chi connectivity index (χ2n) is 8.16. The lowest BCUT2D eigenvalue weighted by molar-refractivity contribution is -0.359. The van der Waals surface area contributed by atoms with E-state index in [0.717, 1.165) is 12.1 Å². The van der Waals surface area contributed by atoms with Gasteiger partial charge in [-0.2, -0.15) is 43.9 Å². The van der Waals surface area contributed by atoms with E-state index in [1.165, 1.54) is 24.3 Å². The third-order valence-corrected chi connectivity index (χ3v) is 5.40. The number of para-hydroxylation sites is 1. The Morgan fingerprint density at radius 2 is 1.24 bits per heavy atom. The minimum Gasteiger partial charge on any atom is -0.457 e. The summed E-state index contributed by atoms with van der Waals surface area (Å²) in [6.45, 7) is -1.16. The van der Waals surface area contributed by atoms with Crippen molar-refractivity contribution in [1.29, 1.82) is 0 Å². The first-order valence-corrected chi connectivity index (χ1v) is 10.8. The van der Waals surface area contributed by atoms with Crippen LogP contribution in [0.25, 0.3) is 0 Å². The zero-order chi connectivity index (χ0) is 28.4. The van der Waals surface area contributed by atoms with Crippen LogP contribution in [0.15, 0.2) is 78.9 Å². The van der Waals surface area contributed by atoms with Crippen molar-refractivity contribution >= 4 is 0 Å². The lowest BCUT2D eigenvalue weighted by Crippen LogP contribution is -2.50. The summed E-state index contributed by atoms with van der Waals surface area (Å²) in [7, 11) is 0. The fourth-order valence-electron chi connectivity index (χ4n) is 3.43. The Bertz CT molecular complexity index is 1210. The van der Waals surface area contributed by atoms with Gasteiger partial charge in [0.15, 0.2) is 6.10 Å². The van der Waals surface area contributed by atoms with E-state index >= 15 is 0 Å². The number of nitrogens with one attached hydrogen (secondary N) is 1. The van der Waals surface area contributed by atoms with Crippen molar-refractivity contribution in [1.82, 2.24) is 5.32 Å². The SMILES string of the molecule is O[C@H](CNC(c1cccc(Oc2ccccc2)c1)c1cccc(C(F)(F)C(F)(F)C(F)(F)F)c1)C(F)(F)F. The molecule has 0 fully saturated rings. The molecule has 0 saturated heterocycles. The summed E-state index contributed by atoms with van der Waals surface area (Å²) in [5.41, 5.74) is -2.00. The predicted octanol–water partition coefficient (Wildman–Crippen LogP) is 7.37. The van der Waals surface area contributed by atoms with Gasteiger partial charge in [-0.15, -0.1) is 0 Å². The molecule has 0 bridgehead atoms. The molecule has 3 aromatic carbocycles. The number of aliphatic hydroxyl groups excluding tert-OH is 1. The van der Waals surface area contributed by atoms with Gasteiger partial charge in [-0.05, 0) is 41.5 Å². The molecule has 0 amide bonds. The Kier molecular flexibility index (Phi) is 8.32. The normalized spacial score (nSPS) is 14.7. The topological polar surface area (TPSA) is 41.5 Å². The molecule has 206 valence electrons. The van der Waals surface area contributed by atoms with E-state index in [2.05, 4.69) is 5.32 Å². The molecule has 0 saturated carbocycles. The van der Waals surface area contributed by atoms with Crippen LogP contribution in [0.3, 0.4) is 0 Å². The fraction of sp³-hybridized carbons (Fsp3) is 0.280. The molecule has 3 rings (SSSR count). The van der Waals surface area contributed by atoms with Gasteiger partial charge >= 0.3 is 24.2 Å². The van der Waals surface area contributed by atoms with Crippen molar-refractivity contribution in [2.75, 3.05) is 6.54 Å². The molecule has 0 aromatic heterocycles. The first kappa shape index (κ1) is 29.2. The number of rotatable bonds is 9. The lowest BCUT2D eigenvalue weighted by Gasteiger charge is -2.29. The molecule has 0 spiro atoms. The summed E-state index contributed by atoms with van der Waals surface area (Å²) in [6.07, 6.45) is -14.5. The second kappa shape index (κ2) is 10.8. The summed E-state index contributed by atoms with van der Waals surface area (Å²) < 4.78 is 138. The number of hydrogen-bond donors (Lipinski definition) is 2. The molecule has 13 heteroatoms. The smallest absolute Gasteiger partial charge is 0.457 e. The average molecular weight is 555 g/mol. The van der Waals surface area contributed by atoms with Gasteiger partial charge in [0.25, 0.3) is 0 Å². The number of alkyl halides is 10. The van der Waals surface area contributed by atoms with Gasteiger partial charge in [0.1, 0.15) is 11.5 Å².